The summed E-state index contributed by atoms with van der Waals surface area (Å²) in [5.41, 5.74) is 2.11. The monoisotopic (exact) mass is 166 g/mol. The lowest BCUT2D eigenvalue weighted by molar-refractivity contribution is 0.425. The molecule has 1 aliphatic rings. The minimum Gasteiger partial charge on any atom is -0.0856 e. The maximum atomic E-state index is 2.39. The van der Waals surface area contributed by atoms with Gasteiger partial charge in [-0.2, -0.15) is 0 Å². The Kier molecular flexibility index (Phi) is 2.65. The summed E-state index contributed by atoms with van der Waals surface area (Å²) >= 11 is 0. The predicted molar refractivity (Wildman–Crippen MR) is 55.1 cm³/mol. The van der Waals surface area contributed by atoms with Gasteiger partial charge in [-0.05, 0) is 43.9 Å². The first kappa shape index (κ1) is 9.83. The van der Waals surface area contributed by atoms with Crippen molar-refractivity contribution in [2.45, 2.75) is 47.5 Å². The molecule has 0 N–H and O–H groups in total. The van der Waals surface area contributed by atoms with Crippen LogP contribution in [-0.2, 0) is 0 Å². The third-order valence-electron chi connectivity index (χ3n) is 3.17. The van der Waals surface area contributed by atoms with Crippen molar-refractivity contribution in [2.75, 3.05) is 0 Å². The van der Waals surface area contributed by atoms with Crippen LogP contribution in [-0.4, -0.2) is 0 Å². The summed E-state index contributed by atoms with van der Waals surface area (Å²) < 4.78 is 0. The summed E-state index contributed by atoms with van der Waals surface area (Å²) in [5, 5.41) is 0. The van der Waals surface area contributed by atoms with Crippen molar-refractivity contribution >= 4 is 0 Å². The maximum absolute atomic E-state index is 2.39. The number of hydrogen-bond acceptors (Lipinski definition) is 0. The molecule has 2 unspecified atom stereocenters. The van der Waals surface area contributed by atoms with Gasteiger partial charge in [0.15, 0.2) is 0 Å². The Morgan fingerprint density at radius 2 is 2.00 bits per heavy atom. The van der Waals surface area contributed by atoms with Gasteiger partial charge in [0.1, 0.15) is 0 Å². The smallest absolute Gasteiger partial charge is 0.0320 e. The van der Waals surface area contributed by atoms with Crippen LogP contribution in [0.5, 0.6) is 0 Å². The molecule has 2 atom stereocenters. The molecule has 0 aromatic heterocycles. The summed E-state index contributed by atoms with van der Waals surface area (Å²) in [6, 6.07) is 0. The molecule has 0 amide bonds. The Hall–Kier alpha value is -0.260. The first-order valence-corrected chi connectivity index (χ1v) is 5.07. The Balaban J connectivity index is 2.32. The highest BCUT2D eigenvalue weighted by Crippen LogP contribution is 2.56. The van der Waals surface area contributed by atoms with Crippen molar-refractivity contribution in [2.24, 2.45) is 17.3 Å². The van der Waals surface area contributed by atoms with E-state index in [0.717, 1.165) is 11.8 Å². The van der Waals surface area contributed by atoms with Gasteiger partial charge < -0.3 is 0 Å². The summed E-state index contributed by atoms with van der Waals surface area (Å²) in [6.45, 7) is 11.5. The van der Waals surface area contributed by atoms with Gasteiger partial charge in [0, 0.05) is 0 Å². The number of allylic oxidation sites excluding steroid dienone is 2. The number of hydrogen-bond donors (Lipinski definition) is 0. The molecule has 0 aliphatic heterocycles. The molecule has 0 heteroatoms. The minimum atomic E-state index is 0.648. The van der Waals surface area contributed by atoms with E-state index in [1.54, 1.807) is 0 Å². The normalized spacial score (nSPS) is 27.9. The quantitative estimate of drug-likeness (QED) is 0.555. The zero-order chi connectivity index (χ0) is 9.35. The predicted octanol–water partition coefficient (Wildman–Crippen LogP) is 4.02. The van der Waals surface area contributed by atoms with E-state index in [9.17, 15) is 0 Å². The fraction of sp³-hybridized carbons (Fsp3) is 0.833. The topological polar surface area (TPSA) is 0 Å². The van der Waals surface area contributed by atoms with E-state index in [0.29, 0.717) is 5.41 Å². The lowest BCUT2D eigenvalue weighted by Gasteiger charge is -2.10. The summed E-state index contributed by atoms with van der Waals surface area (Å²) in [4.78, 5) is 0. The van der Waals surface area contributed by atoms with Gasteiger partial charge in [-0.3, -0.25) is 0 Å². The van der Waals surface area contributed by atoms with Gasteiger partial charge in [0.25, 0.3) is 0 Å². The van der Waals surface area contributed by atoms with E-state index in [1.165, 1.54) is 18.4 Å². The van der Waals surface area contributed by atoms with Crippen molar-refractivity contribution in [3.63, 3.8) is 0 Å². The molecular weight excluding hydrogens is 144 g/mol. The van der Waals surface area contributed by atoms with E-state index in [2.05, 4.69) is 40.7 Å². The first-order chi connectivity index (χ1) is 5.43. The third kappa shape index (κ3) is 2.36. The highest BCUT2D eigenvalue weighted by molar-refractivity contribution is 5.01. The van der Waals surface area contributed by atoms with Gasteiger partial charge in [-0.15, -0.1) is 0 Å². The van der Waals surface area contributed by atoms with Crippen LogP contribution in [0, 0.1) is 17.3 Å². The second kappa shape index (κ2) is 3.24. The van der Waals surface area contributed by atoms with Crippen LogP contribution >= 0.6 is 0 Å². The van der Waals surface area contributed by atoms with Gasteiger partial charge in [0.05, 0.1) is 0 Å². The SMILES string of the molecule is CC(C)=CCC(C)C1CC1(C)C. The van der Waals surface area contributed by atoms with E-state index in [1.807, 2.05) is 0 Å². The summed E-state index contributed by atoms with van der Waals surface area (Å²) in [7, 11) is 0. The molecule has 0 nitrogen and oxygen atoms in total. The number of rotatable bonds is 3. The van der Waals surface area contributed by atoms with Crippen molar-refractivity contribution in [3.05, 3.63) is 11.6 Å². The van der Waals surface area contributed by atoms with Crippen LogP contribution < -0.4 is 0 Å². The van der Waals surface area contributed by atoms with Gasteiger partial charge in [0.2, 0.25) is 0 Å². The van der Waals surface area contributed by atoms with E-state index in [-0.39, 0.29) is 0 Å². The van der Waals surface area contributed by atoms with Gasteiger partial charge in [-0.1, -0.05) is 32.4 Å². The largest absolute Gasteiger partial charge is 0.0856 e. The van der Waals surface area contributed by atoms with E-state index in [4.69, 9.17) is 0 Å². The Labute approximate surface area is 77.1 Å². The fourth-order valence-corrected chi connectivity index (χ4v) is 2.07. The maximum Gasteiger partial charge on any atom is -0.0320 e. The average Bonchev–Trinajstić information content (AvgIpc) is 2.55. The molecule has 1 rings (SSSR count). The molecule has 0 heterocycles. The molecule has 0 aromatic rings. The van der Waals surface area contributed by atoms with Crippen LogP contribution in [0.4, 0.5) is 0 Å². The van der Waals surface area contributed by atoms with Crippen molar-refractivity contribution in [3.8, 4) is 0 Å². The molecule has 0 saturated heterocycles. The van der Waals surface area contributed by atoms with Crippen LogP contribution in [0.2, 0.25) is 0 Å². The third-order valence-corrected chi connectivity index (χ3v) is 3.17. The lowest BCUT2D eigenvalue weighted by atomic mass is 9.95. The molecule has 1 saturated carbocycles. The zero-order valence-electron chi connectivity index (χ0n) is 9.15. The molecule has 1 fully saturated rings. The standard InChI is InChI=1S/C12H22/c1-9(2)6-7-10(3)11-8-12(11,4)5/h6,10-11H,7-8H2,1-5H3. The van der Waals surface area contributed by atoms with Crippen molar-refractivity contribution in [1.82, 2.24) is 0 Å². The second-order valence-corrected chi connectivity index (χ2v) is 5.29. The Morgan fingerprint density at radius 1 is 1.50 bits per heavy atom. The molecule has 0 radical (unpaired) electrons. The summed E-state index contributed by atoms with van der Waals surface area (Å²) in [5.74, 6) is 1.86. The van der Waals surface area contributed by atoms with E-state index >= 15 is 0 Å². The average molecular weight is 166 g/mol. The van der Waals surface area contributed by atoms with Gasteiger partial charge >= 0.3 is 0 Å². The summed E-state index contributed by atoms with van der Waals surface area (Å²) in [6.07, 6.45) is 5.08. The van der Waals surface area contributed by atoms with Crippen LogP contribution in [0.15, 0.2) is 11.6 Å². The highest BCUT2D eigenvalue weighted by atomic mass is 14.5. The van der Waals surface area contributed by atoms with Crippen molar-refractivity contribution in [1.29, 1.82) is 0 Å². The molecule has 0 aromatic carbocycles. The van der Waals surface area contributed by atoms with Crippen LogP contribution in [0.1, 0.15) is 47.5 Å². The Bertz CT molecular complexity index is 182. The fourth-order valence-electron chi connectivity index (χ4n) is 2.07. The highest BCUT2D eigenvalue weighted by Gasteiger charge is 2.47. The Morgan fingerprint density at radius 3 is 2.33 bits per heavy atom. The van der Waals surface area contributed by atoms with E-state index < -0.39 is 0 Å². The first-order valence-electron chi connectivity index (χ1n) is 5.07. The van der Waals surface area contributed by atoms with Crippen molar-refractivity contribution < 1.29 is 0 Å². The minimum absolute atomic E-state index is 0.648. The van der Waals surface area contributed by atoms with Crippen LogP contribution in [0.3, 0.4) is 0 Å². The molecule has 0 spiro atoms. The zero-order valence-corrected chi connectivity index (χ0v) is 9.15. The van der Waals surface area contributed by atoms with Gasteiger partial charge in [-0.25, -0.2) is 0 Å². The molecule has 0 bridgehead atoms. The van der Waals surface area contributed by atoms with Crippen LogP contribution in [0.25, 0.3) is 0 Å². The second-order valence-electron chi connectivity index (χ2n) is 5.29. The molecule has 70 valence electrons. The lowest BCUT2D eigenvalue weighted by Crippen LogP contribution is -2.01. The molecule has 1 aliphatic carbocycles. The molecule has 12 heavy (non-hydrogen) atoms. The molecular formula is C12H22.